The van der Waals surface area contributed by atoms with Crippen LogP contribution in [0.4, 0.5) is 4.79 Å². The number of benzene rings is 1. The fourth-order valence-electron chi connectivity index (χ4n) is 5.19. The van der Waals surface area contributed by atoms with Gasteiger partial charge in [0, 0.05) is 32.7 Å². The highest BCUT2D eigenvalue weighted by Gasteiger charge is 2.52. The minimum Gasteiger partial charge on any atom is -0.340 e. The number of carbonyl (C=O) groups excluding carboxylic acids is 3. The molecule has 0 bridgehead atoms. The SMILES string of the molecule is CCC1CCC2(CC1)NC(=O)N(CC(=O)N1CCCN(Cc3ccccc3)CC1)C2=O. The lowest BCUT2D eigenvalue weighted by atomic mass is 9.75. The van der Waals surface area contributed by atoms with E-state index in [1.807, 2.05) is 23.1 Å². The van der Waals surface area contributed by atoms with Crippen LogP contribution in [0.25, 0.3) is 0 Å². The lowest BCUT2D eigenvalue weighted by Crippen LogP contribution is -2.50. The predicted molar refractivity (Wildman–Crippen MR) is 118 cm³/mol. The molecular weight excluding hydrogens is 392 g/mol. The van der Waals surface area contributed by atoms with E-state index in [1.165, 1.54) is 5.56 Å². The zero-order valence-electron chi connectivity index (χ0n) is 18.5. The molecule has 3 aliphatic rings. The number of rotatable bonds is 5. The number of carbonyl (C=O) groups is 3. The molecule has 2 heterocycles. The number of imide groups is 1. The second kappa shape index (κ2) is 9.39. The highest BCUT2D eigenvalue weighted by molar-refractivity contribution is 6.09. The average Bonchev–Trinajstić information content (AvgIpc) is 2.94. The molecule has 1 aromatic carbocycles. The smallest absolute Gasteiger partial charge is 0.325 e. The molecule has 1 N–H and O–H groups in total. The van der Waals surface area contributed by atoms with Gasteiger partial charge in [0.25, 0.3) is 5.91 Å². The molecule has 0 unspecified atom stereocenters. The third-order valence-electron chi connectivity index (χ3n) is 7.27. The molecule has 1 spiro atoms. The van der Waals surface area contributed by atoms with Gasteiger partial charge in [0.2, 0.25) is 5.91 Å². The molecule has 1 aliphatic carbocycles. The van der Waals surface area contributed by atoms with E-state index in [9.17, 15) is 14.4 Å². The van der Waals surface area contributed by atoms with Crippen molar-refractivity contribution in [2.24, 2.45) is 5.92 Å². The summed E-state index contributed by atoms with van der Waals surface area (Å²) in [5.74, 6) is 0.284. The minimum atomic E-state index is -0.783. The summed E-state index contributed by atoms with van der Waals surface area (Å²) >= 11 is 0. The third kappa shape index (κ3) is 4.76. The van der Waals surface area contributed by atoms with Crippen LogP contribution >= 0.6 is 0 Å². The Labute approximate surface area is 184 Å². The summed E-state index contributed by atoms with van der Waals surface area (Å²) in [6.45, 7) is 5.91. The molecule has 0 atom stereocenters. The first-order valence-corrected chi connectivity index (χ1v) is 11.7. The molecule has 7 heteroatoms. The summed E-state index contributed by atoms with van der Waals surface area (Å²) in [4.78, 5) is 43.9. The summed E-state index contributed by atoms with van der Waals surface area (Å²) in [7, 11) is 0. The first-order chi connectivity index (χ1) is 15.0. The van der Waals surface area contributed by atoms with Gasteiger partial charge >= 0.3 is 6.03 Å². The second-order valence-corrected chi connectivity index (χ2v) is 9.25. The van der Waals surface area contributed by atoms with Crippen molar-refractivity contribution < 1.29 is 14.4 Å². The van der Waals surface area contributed by atoms with Gasteiger partial charge in [0.05, 0.1) is 0 Å². The Balaban J connectivity index is 1.32. The van der Waals surface area contributed by atoms with Crippen molar-refractivity contribution in [2.75, 3.05) is 32.7 Å². The topological polar surface area (TPSA) is 73.0 Å². The van der Waals surface area contributed by atoms with Gasteiger partial charge in [-0.15, -0.1) is 0 Å². The molecule has 31 heavy (non-hydrogen) atoms. The number of nitrogens with one attached hydrogen (secondary N) is 1. The van der Waals surface area contributed by atoms with Crippen LogP contribution < -0.4 is 5.32 Å². The quantitative estimate of drug-likeness (QED) is 0.735. The average molecular weight is 427 g/mol. The van der Waals surface area contributed by atoms with Crippen LogP contribution in [-0.4, -0.2) is 70.8 Å². The normalized spacial score (nSPS) is 27.5. The van der Waals surface area contributed by atoms with E-state index in [0.717, 1.165) is 50.2 Å². The molecule has 1 aromatic rings. The zero-order chi connectivity index (χ0) is 21.8. The Hall–Kier alpha value is -2.41. The molecule has 0 radical (unpaired) electrons. The van der Waals surface area contributed by atoms with Gasteiger partial charge in [-0.25, -0.2) is 4.79 Å². The third-order valence-corrected chi connectivity index (χ3v) is 7.27. The van der Waals surface area contributed by atoms with Crippen molar-refractivity contribution >= 4 is 17.8 Å². The lowest BCUT2D eigenvalue weighted by molar-refractivity contribution is -0.139. The van der Waals surface area contributed by atoms with Crippen molar-refractivity contribution in [1.29, 1.82) is 0 Å². The van der Waals surface area contributed by atoms with Crippen LogP contribution in [0.5, 0.6) is 0 Å². The van der Waals surface area contributed by atoms with Gasteiger partial charge in [-0.05, 0) is 43.6 Å². The van der Waals surface area contributed by atoms with Crippen molar-refractivity contribution in [3.63, 3.8) is 0 Å². The largest absolute Gasteiger partial charge is 0.340 e. The van der Waals surface area contributed by atoms with E-state index in [1.54, 1.807) is 0 Å². The lowest BCUT2D eigenvalue weighted by Gasteiger charge is -2.34. The van der Waals surface area contributed by atoms with Crippen molar-refractivity contribution in [2.45, 2.75) is 57.5 Å². The van der Waals surface area contributed by atoms with Gasteiger partial charge < -0.3 is 10.2 Å². The Bertz CT molecular complexity index is 804. The fraction of sp³-hybridized carbons (Fsp3) is 0.625. The van der Waals surface area contributed by atoms with Crippen LogP contribution in [0, 0.1) is 5.92 Å². The first-order valence-electron chi connectivity index (χ1n) is 11.7. The second-order valence-electron chi connectivity index (χ2n) is 9.25. The number of hydrogen-bond acceptors (Lipinski definition) is 4. The first kappa shape index (κ1) is 21.8. The maximum atomic E-state index is 13.1. The maximum absolute atomic E-state index is 13.1. The molecule has 2 aliphatic heterocycles. The molecule has 1 saturated carbocycles. The van der Waals surface area contributed by atoms with E-state index >= 15 is 0 Å². The van der Waals surface area contributed by atoms with Gasteiger partial charge in [-0.3, -0.25) is 19.4 Å². The molecule has 0 aromatic heterocycles. The van der Waals surface area contributed by atoms with E-state index in [4.69, 9.17) is 0 Å². The van der Waals surface area contributed by atoms with Crippen LogP contribution in [0.1, 0.15) is 51.0 Å². The van der Waals surface area contributed by atoms with Gasteiger partial charge in [0.1, 0.15) is 12.1 Å². The summed E-state index contributed by atoms with van der Waals surface area (Å²) in [5, 5.41) is 2.93. The van der Waals surface area contributed by atoms with E-state index in [-0.39, 0.29) is 18.4 Å². The van der Waals surface area contributed by atoms with Crippen molar-refractivity contribution in [1.82, 2.24) is 20.0 Å². The van der Waals surface area contributed by atoms with Gasteiger partial charge in [0.15, 0.2) is 0 Å². The standard InChI is InChI=1S/C24H34N4O3/c1-2-19-9-11-24(12-10-19)22(30)28(23(31)25-24)18-21(29)27-14-6-13-26(15-16-27)17-20-7-4-3-5-8-20/h3-5,7-8,19H,2,6,9-18H2,1H3,(H,25,31). The van der Waals surface area contributed by atoms with E-state index in [0.29, 0.717) is 31.8 Å². The molecule has 7 nitrogen and oxygen atoms in total. The molecule has 2 saturated heterocycles. The van der Waals surface area contributed by atoms with Crippen molar-refractivity contribution in [3.05, 3.63) is 35.9 Å². The summed E-state index contributed by atoms with van der Waals surface area (Å²) in [6, 6.07) is 9.94. The molecule has 168 valence electrons. The number of hydrogen-bond donors (Lipinski definition) is 1. The predicted octanol–water partition coefficient (Wildman–Crippen LogP) is 2.61. The fourth-order valence-corrected chi connectivity index (χ4v) is 5.19. The monoisotopic (exact) mass is 426 g/mol. The Morgan fingerprint density at radius 1 is 1.06 bits per heavy atom. The molecular formula is C24H34N4O3. The van der Waals surface area contributed by atoms with Crippen LogP contribution in [0.3, 0.4) is 0 Å². The highest BCUT2D eigenvalue weighted by Crippen LogP contribution is 2.37. The highest BCUT2D eigenvalue weighted by atomic mass is 16.2. The number of urea groups is 1. The van der Waals surface area contributed by atoms with Crippen LogP contribution in [0.15, 0.2) is 30.3 Å². The maximum Gasteiger partial charge on any atom is 0.325 e. The van der Waals surface area contributed by atoms with E-state index in [2.05, 4.69) is 29.3 Å². The summed E-state index contributed by atoms with van der Waals surface area (Å²) in [5.41, 5.74) is 0.485. The zero-order valence-corrected chi connectivity index (χ0v) is 18.5. The number of nitrogens with zero attached hydrogens (tertiary/aromatic N) is 3. The molecule has 4 rings (SSSR count). The Morgan fingerprint density at radius 2 is 1.81 bits per heavy atom. The van der Waals surface area contributed by atoms with Crippen LogP contribution in [-0.2, 0) is 16.1 Å². The minimum absolute atomic E-state index is 0.135. The number of amides is 4. The summed E-state index contributed by atoms with van der Waals surface area (Å²) < 4.78 is 0. The Morgan fingerprint density at radius 3 is 2.52 bits per heavy atom. The van der Waals surface area contributed by atoms with E-state index < -0.39 is 11.6 Å². The molecule has 4 amide bonds. The Kier molecular flexibility index (Phi) is 6.60. The van der Waals surface area contributed by atoms with Gasteiger partial charge in [-0.1, -0.05) is 43.7 Å². The van der Waals surface area contributed by atoms with Gasteiger partial charge in [-0.2, -0.15) is 0 Å². The van der Waals surface area contributed by atoms with Crippen LogP contribution in [0.2, 0.25) is 0 Å². The van der Waals surface area contributed by atoms with Crippen molar-refractivity contribution in [3.8, 4) is 0 Å². The summed E-state index contributed by atoms with van der Waals surface area (Å²) in [6.07, 6.45) is 5.26. The molecule has 3 fully saturated rings.